The van der Waals surface area contributed by atoms with Crippen LogP contribution in [0.15, 0.2) is 47.1 Å². The van der Waals surface area contributed by atoms with Gasteiger partial charge in [-0.05, 0) is 42.5 Å². The monoisotopic (exact) mass is 280 g/mol. The molecular formula is C12H9ClN2O2S. The molecule has 2 aromatic rings. The van der Waals surface area contributed by atoms with E-state index in [-0.39, 0.29) is 10.9 Å². The lowest BCUT2D eigenvalue weighted by molar-refractivity contribution is 0.0950. The van der Waals surface area contributed by atoms with Crippen LogP contribution in [0.2, 0.25) is 5.02 Å². The van der Waals surface area contributed by atoms with Crippen LogP contribution in [0, 0.1) is 0 Å². The number of anilines is 1. The van der Waals surface area contributed by atoms with Crippen molar-refractivity contribution in [3.63, 3.8) is 0 Å². The summed E-state index contributed by atoms with van der Waals surface area (Å²) in [6, 6.07) is 10.2. The zero-order chi connectivity index (χ0) is 13.0. The second-order valence-electron chi connectivity index (χ2n) is 3.40. The highest BCUT2D eigenvalue weighted by Gasteiger charge is 2.10. The summed E-state index contributed by atoms with van der Waals surface area (Å²) in [6.45, 7) is 0. The number of benzene rings is 1. The number of nitrogens with one attached hydrogen (secondary N) is 2. The van der Waals surface area contributed by atoms with E-state index in [2.05, 4.69) is 10.6 Å². The number of carbonyl (C=O) groups excluding carboxylic acids is 1. The molecule has 0 saturated heterocycles. The Bertz CT molecular complexity index is 569. The number of furan rings is 1. The highest BCUT2D eigenvalue weighted by Crippen LogP contribution is 2.14. The van der Waals surface area contributed by atoms with Crippen molar-refractivity contribution in [2.24, 2.45) is 0 Å². The molecule has 18 heavy (non-hydrogen) atoms. The van der Waals surface area contributed by atoms with Gasteiger partial charge in [-0.15, -0.1) is 0 Å². The molecule has 2 rings (SSSR count). The van der Waals surface area contributed by atoms with Crippen molar-refractivity contribution in [3.8, 4) is 0 Å². The van der Waals surface area contributed by atoms with Crippen LogP contribution < -0.4 is 10.6 Å². The average molecular weight is 281 g/mol. The smallest absolute Gasteiger partial charge is 0.293 e. The van der Waals surface area contributed by atoms with Crippen molar-refractivity contribution < 1.29 is 9.21 Å². The summed E-state index contributed by atoms with van der Waals surface area (Å²) < 4.78 is 4.94. The number of amides is 1. The van der Waals surface area contributed by atoms with Gasteiger partial charge >= 0.3 is 0 Å². The van der Waals surface area contributed by atoms with E-state index >= 15 is 0 Å². The van der Waals surface area contributed by atoms with Gasteiger partial charge in [0, 0.05) is 10.7 Å². The molecule has 92 valence electrons. The Kier molecular flexibility index (Phi) is 3.96. The summed E-state index contributed by atoms with van der Waals surface area (Å²) in [5.74, 6) is -0.204. The van der Waals surface area contributed by atoms with Gasteiger partial charge in [-0.1, -0.05) is 17.7 Å². The lowest BCUT2D eigenvalue weighted by Gasteiger charge is -2.08. The van der Waals surface area contributed by atoms with Gasteiger partial charge in [-0.2, -0.15) is 0 Å². The molecule has 4 nitrogen and oxygen atoms in total. The Morgan fingerprint density at radius 2 is 2.11 bits per heavy atom. The fourth-order valence-corrected chi connectivity index (χ4v) is 1.70. The van der Waals surface area contributed by atoms with Crippen LogP contribution in [0.5, 0.6) is 0 Å². The van der Waals surface area contributed by atoms with Gasteiger partial charge in [0.05, 0.1) is 6.26 Å². The van der Waals surface area contributed by atoms with E-state index in [1.807, 2.05) is 0 Å². The largest absolute Gasteiger partial charge is 0.459 e. The zero-order valence-corrected chi connectivity index (χ0v) is 10.7. The maximum atomic E-state index is 11.6. The summed E-state index contributed by atoms with van der Waals surface area (Å²) in [6.07, 6.45) is 1.42. The van der Waals surface area contributed by atoms with E-state index in [4.69, 9.17) is 28.2 Å². The third-order valence-electron chi connectivity index (χ3n) is 2.05. The third-order valence-corrected chi connectivity index (χ3v) is 2.49. The standard InChI is InChI=1S/C12H9ClN2O2S/c13-8-3-1-4-9(7-8)14-12(18)15-11(16)10-5-2-6-17-10/h1-7H,(H2,14,15,16,18). The van der Waals surface area contributed by atoms with Crippen LogP contribution in [0.1, 0.15) is 10.6 Å². The van der Waals surface area contributed by atoms with E-state index in [1.54, 1.807) is 36.4 Å². The molecule has 0 saturated carbocycles. The van der Waals surface area contributed by atoms with E-state index in [1.165, 1.54) is 6.26 Å². The van der Waals surface area contributed by atoms with Gasteiger partial charge in [0.1, 0.15) is 0 Å². The van der Waals surface area contributed by atoms with Gasteiger partial charge in [0.15, 0.2) is 10.9 Å². The molecule has 0 aliphatic rings. The van der Waals surface area contributed by atoms with Gasteiger partial charge in [-0.25, -0.2) is 0 Å². The first-order valence-corrected chi connectivity index (χ1v) is 5.85. The molecule has 6 heteroatoms. The quantitative estimate of drug-likeness (QED) is 0.830. The minimum absolute atomic E-state index is 0.179. The SMILES string of the molecule is O=C(NC(=S)Nc1cccc(Cl)c1)c1ccco1. The van der Waals surface area contributed by atoms with Crippen molar-refractivity contribution in [1.82, 2.24) is 5.32 Å². The first kappa shape index (κ1) is 12.6. The van der Waals surface area contributed by atoms with E-state index in [0.29, 0.717) is 10.7 Å². The molecule has 0 radical (unpaired) electrons. The normalized spacial score (nSPS) is 9.83. The van der Waals surface area contributed by atoms with Gasteiger partial charge in [0.2, 0.25) is 0 Å². The molecule has 1 aromatic heterocycles. The average Bonchev–Trinajstić information content (AvgIpc) is 2.81. The molecule has 1 aromatic carbocycles. The molecule has 0 bridgehead atoms. The Hall–Kier alpha value is -1.85. The second kappa shape index (κ2) is 5.66. The lowest BCUT2D eigenvalue weighted by Crippen LogP contribution is -2.33. The predicted molar refractivity (Wildman–Crippen MR) is 73.8 cm³/mol. The lowest BCUT2D eigenvalue weighted by atomic mass is 10.3. The van der Waals surface area contributed by atoms with Gasteiger partial charge < -0.3 is 9.73 Å². The maximum absolute atomic E-state index is 11.6. The molecule has 1 heterocycles. The molecule has 0 spiro atoms. The van der Waals surface area contributed by atoms with Gasteiger partial charge in [0.25, 0.3) is 5.91 Å². The third kappa shape index (κ3) is 3.32. The number of thiocarbonyl (C=S) groups is 1. The van der Waals surface area contributed by atoms with Crippen LogP contribution in [-0.2, 0) is 0 Å². The molecular weight excluding hydrogens is 272 g/mol. The number of hydrogen-bond acceptors (Lipinski definition) is 3. The van der Waals surface area contributed by atoms with Crippen molar-refractivity contribution >= 4 is 40.5 Å². The highest BCUT2D eigenvalue weighted by atomic mass is 35.5. The summed E-state index contributed by atoms with van der Waals surface area (Å²) in [5, 5.41) is 6.11. The molecule has 0 aliphatic carbocycles. The molecule has 1 amide bonds. The summed E-state index contributed by atoms with van der Waals surface area (Å²) >= 11 is 10.8. The second-order valence-corrected chi connectivity index (χ2v) is 4.24. The fourth-order valence-electron chi connectivity index (χ4n) is 1.30. The van der Waals surface area contributed by atoms with Crippen molar-refractivity contribution in [1.29, 1.82) is 0 Å². The summed E-state index contributed by atoms with van der Waals surface area (Å²) in [4.78, 5) is 11.6. The Morgan fingerprint density at radius 3 is 2.78 bits per heavy atom. The first-order valence-electron chi connectivity index (χ1n) is 5.06. The van der Waals surface area contributed by atoms with Crippen LogP contribution in [0.3, 0.4) is 0 Å². The van der Waals surface area contributed by atoms with Gasteiger partial charge in [-0.3, -0.25) is 10.1 Å². The number of carbonyl (C=O) groups is 1. The van der Waals surface area contributed by atoms with Crippen molar-refractivity contribution in [2.45, 2.75) is 0 Å². The van der Waals surface area contributed by atoms with Crippen LogP contribution >= 0.6 is 23.8 Å². The van der Waals surface area contributed by atoms with Crippen LogP contribution in [-0.4, -0.2) is 11.0 Å². The zero-order valence-electron chi connectivity index (χ0n) is 9.14. The number of halogens is 1. The van der Waals surface area contributed by atoms with E-state index in [9.17, 15) is 4.79 Å². The van der Waals surface area contributed by atoms with E-state index in [0.717, 1.165) is 0 Å². The van der Waals surface area contributed by atoms with Crippen LogP contribution in [0.4, 0.5) is 5.69 Å². The maximum Gasteiger partial charge on any atom is 0.293 e. The van der Waals surface area contributed by atoms with Crippen LogP contribution in [0.25, 0.3) is 0 Å². The summed E-state index contributed by atoms with van der Waals surface area (Å²) in [5.41, 5.74) is 0.701. The fraction of sp³-hybridized carbons (Fsp3) is 0. The minimum Gasteiger partial charge on any atom is -0.459 e. The molecule has 2 N–H and O–H groups in total. The highest BCUT2D eigenvalue weighted by molar-refractivity contribution is 7.80. The molecule has 0 aliphatic heterocycles. The Labute approximate surface area is 114 Å². The van der Waals surface area contributed by atoms with E-state index < -0.39 is 5.91 Å². The summed E-state index contributed by atoms with van der Waals surface area (Å²) in [7, 11) is 0. The number of rotatable bonds is 2. The first-order chi connectivity index (χ1) is 8.65. The molecule has 0 fully saturated rings. The molecule has 0 unspecified atom stereocenters. The van der Waals surface area contributed by atoms with Crippen molar-refractivity contribution in [3.05, 3.63) is 53.4 Å². The minimum atomic E-state index is -0.403. The Morgan fingerprint density at radius 1 is 1.28 bits per heavy atom. The Balaban J connectivity index is 1.95. The molecule has 0 atom stereocenters. The predicted octanol–water partition coefficient (Wildman–Crippen LogP) is 3.06. The van der Waals surface area contributed by atoms with Crippen molar-refractivity contribution in [2.75, 3.05) is 5.32 Å². The topological polar surface area (TPSA) is 54.3 Å². The number of hydrogen-bond donors (Lipinski definition) is 2.